The van der Waals surface area contributed by atoms with Crippen molar-refractivity contribution < 1.29 is 19.1 Å². The molecule has 0 atom stereocenters. The Morgan fingerprint density at radius 3 is 2.50 bits per heavy atom. The second-order valence-electron chi connectivity index (χ2n) is 6.51. The topological polar surface area (TPSA) is 102 Å². The van der Waals surface area contributed by atoms with Crippen molar-refractivity contribution in [2.24, 2.45) is 0 Å². The summed E-state index contributed by atoms with van der Waals surface area (Å²) in [5.74, 6) is 0.814. The molecular weight excluding hydrogens is 448 g/mol. The maximum Gasteiger partial charge on any atom is 0.257 e. The minimum Gasteiger partial charge on any atom is -0.490 e. The molecule has 0 aliphatic carbocycles. The number of hydrogen-bond donors (Lipinski definition) is 2. The Morgan fingerprint density at radius 2 is 1.75 bits per heavy atom. The van der Waals surface area contributed by atoms with Crippen LogP contribution < -0.4 is 20.1 Å². The van der Waals surface area contributed by atoms with Crippen LogP contribution in [-0.2, 0) is 4.79 Å². The van der Waals surface area contributed by atoms with Gasteiger partial charge in [-0.1, -0.05) is 41.3 Å². The minimum atomic E-state index is -0.334. The highest BCUT2D eigenvalue weighted by Crippen LogP contribution is 2.30. The number of carbonyl (C=O) groups is 2. The van der Waals surface area contributed by atoms with Gasteiger partial charge >= 0.3 is 0 Å². The number of carbonyl (C=O) groups excluding carboxylic acids is 2. The van der Waals surface area contributed by atoms with E-state index in [2.05, 4.69) is 20.8 Å². The molecule has 0 fully saturated rings. The molecule has 168 valence electrons. The van der Waals surface area contributed by atoms with E-state index in [1.165, 1.54) is 23.1 Å². The Kier molecular flexibility index (Phi) is 8.46. The van der Waals surface area contributed by atoms with Crippen LogP contribution in [0.15, 0.2) is 46.8 Å². The van der Waals surface area contributed by atoms with Crippen LogP contribution in [0.2, 0.25) is 0 Å². The maximum atomic E-state index is 12.6. The number of para-hydroxylation sites is 1. The zero-order valence-corrected chi connectivity index (χ0v) is 19.6. The zero-order chi connectivity index (χ0) is 22.9. The van der Waals surface area contributed by atoms with Gasteiger partial charge in [-0.05, 0) is 50.6 Å². The molecule has 0 saturated carbocycles. The van der Waals surface area contributed by atoms with Crippen molar-refractivity contribution in [2.45, 2.75) is 25.1 Å². The predicted molar refractivity (Wildman–Crippen MR) is 127 cm³/mol. The van der Waals surface area contributed by atoms with Gasteiger partial charge in [-0.2, -0.15) is 0 Å². The van der Waals surface area contributed by atoms with Crippen LogP contribution in [-0.4, -0.2) is 41.0 Å². The second kappa shape index (κ2) is 11.5. The van der Waals surface area contributed by atoms with Gasteiger partial charge in [0.1, 0.15) is 0 Å². The molecule has 2 aromatic carbocycles. The van der Waals surface area contributed by atoms with Crippen LogP contribution in [0.25, 0.3) is 0 Å². The number of benzene rings is 2. The first kappa shape index (κ1) is 23.6. The highest BCUT2D eigenvalue weighted by molar-refractivity contribution is 8.01. The third kappa shape index (κ3) is 6.44. The quantitative estimate of drug-likeness (QED) is 0.328. The van der Waals surface area contributed by atoms with Crippen LogP contribution in [0.4, 0.5) is 10.8 Å². The van der Waals surface area contributed by atoms with Crippen molar-refractivity contribution in [3.63, 3.8) is 0 Å². The van der Waals surface area contributed by atoms with Gasteiger partial charge in [0.05, 0.1) is 19.0 Å². The molecule has 1 aromatic heterocycles. The molecule has 3 aromatic rings. The lowest BCUT2D eigenvalue weighted by atomic mass is 10.2. The van der Waals surface area contributed by atoms with E-state index >= 15 is 0 Å². The second-order valence-corrected chi connectivity index (χ2v) is 8.71. The summed E-state index contributed by atoms with van der Waals surface area (Å²) in [6.45, 7) is 6.64. The fourth-order valence-electron chi connectivity index (χ4n) is 2.71. The number of hydrogen-bond acceptors (Lipinski definition) is 8. The fourth-order valence-corrected chi connectivity index (χ4v) is 4.25. The highest BCUT2D eigenvalue weighted by Gasteiger charge is 2.15. The summed E-state index contributed by atoms with van der Waals surface area (Å²) in [6.07, 6.45) is 0. The Labute approximate surface area is 194 Å². The Balaban J connectivity index is 1.56. The van der Waals surface area contributed by atoms with Gasteiger partial charge in [-0.3, -0.25) is 14.9 Å². The first-order valence-corrected chi connectivity index (χ1v) is 11.8. The third-order valence-electron chi connectivity index (χ3n) is 4.18. The number of anilines is 2. The van der Waals surface area contributed by atoms with Gasteiger partial charge in [0.25, 0.3) is 5.91 Å². The van der Waals surface area contributed by atoms with Crippen molar-refractivity contribution in [1.82, 2.24) is 10.2 Å². The highest BCUT2D eigenvalue weighted by atomic mass is 32.2. The van der Waals surface area contributed by atoms with Crippen LogP contribution in [0.1, 0.15) is 29.8 Å². The number of nitrogens with zero attached hydrogens (tertiary/aromatic N) is 2. The molecule has 2 N–H and O–H groups in total. The molecule has 10 heteroatoms. The average Bonchev–Trinajstić information content (AvgIpc) is 3.22. The van der Waals surface area contributed by atoms with Gasteiger partial charge in [0.2, 0.25) is 11.0 Å². The van der Waals surface area contributed by atoms with E-state index in [-0.39, 0.29) is 17.6 Å². The molecule has 0 unspecified atom stereocenters. The summed E-state index contributed by atoms with van der Waals surface area (Å²) >= 11 is 2.46. The standard InChI is InChI=1S/C22H24N4O4S2/c1-4-29-17-11-10-15(12-18(17)30-5-2)20(28)24-21-25-26-22(32-21)31-13-19(27)23-16-9-7-6-8-14(16)3/h6-12H,4-5,13H2,1-3H3,(H,23,27)(H,24,25,28). The summed E-state index contributed by atoms with van der Waals surface area (Å²) in [5, 5.41) is 14.0. The molecule has 0 radical (unpaired) electrons. The number of aromatic nitrogens is 2. The average molecular weight is 473 g/mol. The van der Waals surface area contributed by atoms with Gasteiger partial charge < -0.3 is 14.8 Å². The molecule has 1 heterocycles. The number of aryl methyl sites for hydroxylation is 1. The normalized spacial score (nSPS) is 10.5. The van der Waals surface area contributed by atoms with Gasteiger partial charge in [-0.15, -0.1) is 10.2 Å². The molecule has 8 nitrogen and oxygen atoms in total. The van der Waals surface area contributed by atoms with E-state index in [9.17, 15) is 9.59 Å². The predicted octanol–water partition coefficient (Wildman–Crippen LogP) is 4.63. The molecule has 32 heavy (non-hydrogen) atoms. The van der Waals surface area contributed by atoms with Crippen LogP contribution in [0.5, 0.6) is 11.5 Å². The van der Waals surface area contributed by atoms with E-state index in [0.717, 1.165) is 11.3 Å². The van der Waals surface area contributed by atoms with Crippen molar-refractivity contribution in [1.29, 1.82) is 0 Å². The zero-order valence-electron chi connectivity index (χ0n) is 18.0. The number of nitrogens with one attached hydrogen (secondary N) is 2. The largest absolute Gasteiger partial charge is 0.490 e. The third-order valence-corrected chi connectivity index (χ3v) is 6.15. The number of rotatable bonds is 10. The van der Waals surface area contributed by atoms with Crippen molar-refractivity contribution in [3.05, 3.63) is 53.6 Å². The molecule has 3 rings (SSSR count). The van der Waals surface area contributed by atoms with Crippen LogP contribution in [0, 0.1) is 6.92 Å². The Bertz CT molecular complexity index is 1090. The molecule has 2 amide bonds. The van der Waals surface area contributed by atoms with Crippen LogP contribution >= 0.6 is 23.1 Å². The smallest absolute Gasteiger partial charge is 0.257 e. The molecular formula is C22H24N4O4S2. The monoisotopic (exact) mass is 472 g/mol. The van der Waals surface area contributed by atoms with Crippen molar-refractivity contribution in [2.75, 3.05) is 29.6 Å². The van der Waals surface area contributed by atoms with Crippen molar-refractivity contribution in [3.8, 4) is 11.5 Å². The number of ether oxygens (including phenoxy) is 2. The SMILES string of the molecule is CCOc1ccc(C(=O)Nc2nnc(SCC(=O)Nc3ccccc3C)s2)cc1OCC. The number of amides is 2. The molecule has 0 saturated heterocycles. The lowest BCUT2D eigenvalue weighted by molar-refractivity contribution is -0.113. The van der Waals surface area contributed by atoms with E-state index in [0.29, 0.717) is 39.7 Å². The summed E-state index contributed by atoms with van der Waals surface area (Å²) in [4.78, 5) is 24.8. The Hall–Kier alpha value is -3.11. The number of thioether (sulfide) groups is 1. The lowest BCUT2D eigenvalue weighted by Gasteiger charge is -2.12. The maximum absolute atomic E-state index is 12.6. The molecule has 0 spiro atoms. The Morgan fingerprint density at radius 1 is 1.00 bits per heavy atom. The van der Waals surface area contributed by atoms with E-state index in [1.54, 1.807) is 18.2 Å². The first-order chi connectivity index (χ1) is 15.5. The first-order valence-electron chi connectivity index (χ1n) is 10.0. The van der Waals surface area contributed by atoms with Gasteiger partial charge in [0, 0.05) is 11.3 Å². The summed E-state index contributed by atoms with van der Waals surface area (Å²) in [6, 6.07) is 12.6. The summed E-state index contributed by atoms with van der Waals surface area (Å²) < 4.78 is 11.7. The molecule has 0 aliphatic rings. The van der Waals surface area contributed by atoms with E-state index in [1.807, 2.05) is 45.0 Å². The van der Waals surface area contributed by atoms with E-state index in [4.69, 9.17) is 9.47 Å². The van der Waals surface area contributed by atoms with Gasteiger partial charge in [0.15, 0.2) is 15.8 Å². The van der Waals surface area contributed by atoms with Crippen molar-refractivity contribution >= 4 is 45.7 Å². The van der Waals surface area contributed by atoms with Crippen LogP contribution in [0.3, 0.4) is 0 Å². The van der Waals surface area contributed by atoms with Gasteiger partial charge in [-0.25, -0.2) is 0 Å². The summed E-state index contributed by atoms with van der Waals surface area (Å²) in [5.41, 5.74) is 2.19. The molecule has 0 aliphatic heterocycles. The molecule has 0 bridgehead atoms. The fraction of sp³-hybridized carbons (Fsp3) is 0.273. The minimum absolute atomic E-state index is 0.136. The summed E-state index contributed by atoms with van der Waals surface area (Å²) in [7, 11) is 0. The lowest BCUT2D eigenvalue weighted by Crippen LogP contribution is -2.14. The van der Waals surface area contributed by atoms with E-state index < -0.39 is 0 Å².